The minimum atomic E-state index is -2.63. The second-order valence-corrected chi connectivity index (χ2v) is 15.8. The van der Waals surface area contributed by atoms with Crippen molar-refractivity contribution >= 4 is 24.5 Å². The number of fused-ring (bicyclic) bond motifs is 1. The third kappa shape index (κ3) is 4.05. The molecule has 4 rings (SSSR count). The number of ketones is 1. The summed E-state index contributed by atoms with van der Waals surface area (Å²) in [5.41, 5.74) is -1.29. The smallest absolute Gasteiger partial charge is 0.261 e. The lowest BCUT2D eigenvalue weighted by molar-refractivity contribution is -0.130. The molecule has 0 saturated carbocycles. The quantitative estimate of drug-likeness (QED) is 0.384. The highest BCUT2D eigenvalue weighted by Crippen LogP contribution is 2.55. The first-order valence-corrected chi connectivity index (χ1v) is 14.6. The number of allylic oxidation sites excluding steroid dienone is 4. The van der Waals surface area contributed by atoms with Crippen molar-refractivity contribution in [2.75, 3.05) is 6.61 Å². The van der Waals surface area contributed by atoms with E-state index in [2.05, 4.69) is 107 Å². The number of hydrogen-bond donors (Lipinski definition) is 0. The van der Waals surface area contributed by atoms with Crippen molar-refractivity contribution < 1.29 is 9.22 Å². The Kier molecular flexibility index (Phi) is 6.79. The zero-order valence-corrected chi connectivity index (χ0v) is 22.6. The Labute approximate surface area is 211 Å². The van der Waals surface area contributed by atoms with E-state index in [9.17, 15) is 10.1 Å². The molecule has 0 fully saturated rings. The summed E-state index contributed by atoms with van der Waals surface area (Å²) < 4.78 is 7.15. The van der Waals surface area contributed by atoms with Gasteiger partial charge in [-0.05, 0) is 45.7 Å². The van der Waals surface area contributed by atoms with Crippen molar-refractivity contribution in [2.45, 2.75) is 52.5 Å². The van der Waals surface area contributed by atoms with E-state index in [4.69, 9.17) is 4.43 Å². The second kappa shape index (κ2) is 9.37. The van der Waals surface area contributed by atoms with E-state index < -0.39 is 13.7 Å². The third-order valence-electron chi connectivity index (χ3n) is 8.44. The highest BCUT2D eigenvalue weighted by Gasteiger charge is 2.58. The van der Waals surface area contributed by atoms with Crippen LogP contribution in [0.5, 0.6) is 0 Å². The summed E-state index contributed by atoms with van der Waals surface area (Å²) in [7, 11) is -2.63. The van der Waals surface area contributed by atoms with Gasteiger partial charge in [0.1, 0.15) is 5.41 Å². The average Bonchev–Trinajstić information content (AvgIpc) is 2.85. The molecule has 4 heteroatoms. The molecule has 0 saturated heterocycles. The van der Waals surface area contributed by atoms with Gasteiger partial charge < -0.3 is 4.43 Å². The van der Waals surface area contributed by atoms with Gasteiger partial charge in [0.2, 0.25) is 0 Å². The van der Waals surface area contributed by atoms with Gasteiger partial charge >= 0.3 is 0 Å². The Morgan fingerprint density at radius 2 is 1.63 bits per heavy atom. The fraction of sp³-hybridized carbons (Fsp3) is 0.419. The normalized spacial score (nSPS) is 28.4. The van der Waals surface area contributed by atoms with Gasteiger partial charge in [0, 0.05) is 12.5 Å². The summed E-state index contributed by atoms with van der Waals surface area (Å²) in [6.07, 6.45) is 9.41. The van der Waals surface area contributed by atoms with Gasteiger partial charge in [-0.2, -0.15) is 5.26 Å². The number of carbonyl (C=O) groups excluding carboxylic acids is 1. The Hall–Kier alpha value is -2.74. The van der Waals surface area contributed by atoms with E-state index >= 15 is 0 Å². The largest absolute Gasteiger partial charge is 0.407 e. The van der Waals surface area contributed by atoms with Crippen molar-refractivity contribution in [1.82, 2.24) is 0 Å². The summed E-state index contributed by atoms with van der Waals surface area (Å²) >= 11 is 0. The van der Waals surface area contributed by atoms with Crippen molar-refractivity contribution in [1.29, 1.82) is 5.26 Å². The van der Waals surface area contributed by atoms with Gasteiger partial charge in [0.15, 0.2) is 5.78 Å². The maximum absolute atomic E-state index is 13.0. The van der Waals surface area contributed by atoms with E-state index in [-0.39, 0.29) is 28.1 Å². The summed E-state index contributed by atoms with van der Waals surface area (Å²) in [5, 5.41) is 12.7. The lowest BCUT2D eigenvalue weighted by Gasteiger charge is -2.50. The molecule has 0 aromatic heterocycles. The van der Waals surface area contributed by atoms with E-state index in [0.29, 0.717) is 6.61 Å². The van der Waals surface area contributed by atoms with Crippen LogP contribution in [0.15, 0.2) is 85.0 Å². The van der Waals surface area contributed by atoms with Gasteiger partial charge in [-0.3, -0.25) is 4.79 Å². The molecular formula is C31H37NO2Si. The summed E-state index contributed by atoms with van der Waals surface area (Å²) in [6.45, 7) is 11.6. The maximum atomic E-state index is 13.0. The second-order valence-electron chi connectivity index (χ2n) is 11.5. The van der Waals surface area contributed by atoms with Crippen molar-refractivity contribution in [3.05, 3.63) is 85.0 Å². The number of nitriles is 1. The molecule has 0 bridgehead atoms. The summed E-state index contributed by atoms with van der Waals surface area (Å²) in [5.74, 6) is -0.201. The molecule has 0 N–H and O–H groups in total. The molecule has 0 spiro atoms. The molecule has 2 aliphatic rings. The predicted octanol–water partition coefficient (Wildman–Crippen LogP) is 5.82. The highest BCUT2D eigenvalue weighted by atomic mass is 28.4. The molecule has 0 heterocycles. The van der Waals surface area contributed by atoms with E-state index in [1.165, 1.54) is 10.4 Å². The minimum absolute atomic E-state index is 0.0489. The van der Waals surface area contributed by atoms with Crippen LogP contribution >= 0.6 is 0 Å². The standard InChI is InChI=1S/C31H37NO2Si/c1-24-13-12-18-27-30(5,20-19-28(33)31(24,27)23-32)21-22-34-35(29(2,3)4,25-14-8-6-9-15-25)26-16-10-7-11-17-26/h6-17,19-20,24,27H,18,21-22H2,1-5H3/t24-,27-,30-,31-/m1/s1. The average molecular weight is 484 g/mol. The Morgan fingerprint density at radius 1 is 1.06 bits per heavy atom. The van der Waals surface area contributed by atoms with Crippen LogP contribution < -0.4 is 10.4 Å². The maximum Gasteiger partial charge on any atom is 0.261 e. The number of benzene rings is 2. The molecule has 0 aliphatic heterocycles. The SMILES string of the molecule is C[C@@H]1C=CC[C@H]2[C@]1(C#N)C(=O)C=C[C@]2(C)CCO[Si](c1ccccc1)(c1ccccc1)C(C)(C)C. The molecule has 182 valence electrons. The van der Waals surface area contributed by atoms with Gasteiger partial charge in [-0.1, -0.05) is 114 Å². The first kappa shape index (κ1) is 25.4. The van der Waals surface area contributed by atoms with Crippen LogP contribution in [0.2, 0.25) is 5.04 Å². The van der Waals surface area contributed by atoms with Crippen LogP contribution in [0.25, 0.3) is 0 Å². The Balaban J connectivity index is 1.71. The van der Waals surface area contributed by atoms with E-state index in [0.717, 1.165) is 12.8 Å². The number of hydrogen-bond acceptors (Lipinski definition) is 3. The van der Waals surface area contributed by atoms with Gasteiger partial charge in [-0.15, -0.1) is 0 Å². The van der Waals surface area contributed by atoms with Crippen LogP contribution in [0.3, 0.4) is 0 Å². The first-order chi connectivity index (χ1) is 16.6. The monoisotopic (exact) mass is 483 g/mol. The van der Waals surface area contributed by atoms with Crippen molar-refractivity contribution in [3.8, 4) is 6.07 Å². The lowest BCUT2D eigenvalue weighted by atomic mass is 9.50. The zero-order chi connectivity index (χ0) is 25.3. The van der Waals surface area contributed by atoms with Gasteiger partial charge in [0.25, 0.3) is 8.32 Å². The van der Waals surface area contributed by atoms with Crippen LogP contribution in [0.4, 0.5) is 0 Å². The van der Waals surface area contributed by atoms with Gasteiger partial charge in [-0.25, -0.2) is 0 Å². The van der Waals surface area contributed by atoms with Crippen LogP contribution in [-0.4, -0.2) is 20.7 Å². The fourth-order valence-electron chi connectivity index (χ4n) is 6.46. The molecule has 2 aliphatic carbocycles. The van der Waals surface area contributed by atoms with E-state index in [1.807, 2.05) is 13.0 Å². The molecule has 4 atom stereocenters. The van der Waals surface area contributed by atoms with Crippen LogP contribution in [-0.2, 0) is 9.22 Å². The number of nitrogens with zero attached hydrogens (tertiary/aromatic N) is 1. The summed E-state index contributed by atoms with van der Waals surface area (Å²) in [6, 6.07) is 23.8. The molecule has 0 amide bonds. The van der Waals surface area contributed by atoms with Crippen LogP contribution in [0, 0.1) is 34.0 Å². The zero-order valence-electron chi connectivity index (χ0n) is 21.6. The molecule has 0 radical (unpaired) electrons. The molecule has 2 aromatic carbocycles. The minimum Gasteiger partial charge on any atom is -0.407 e. The van der Waals surface area contributed by atoms with Crippen LogP contribution in [0.1, 0.15) is 47.5 Å². The first-order valence-electron chi connectivity index (χ1n) is 12.7. The number of carbonyl (C=O) groups is 1. The molecule has 0 unspecified atom stereocenters. The Morgan fingerprint density at radius 3 is 2.14 bits per heavy atom. The molecular weight excluding hydrogens is 446 g/mol. The van der Waals surface area contributed by atoms with Crippen molar-refractivity contribution in [3.63, 3.8) is 0 Å². The Bertz CT molecular complexity index is 1120. The number of rotatable bonds is 6. The fourth-order valence-corrected chi connectivity index (χ4v) is 11.0. The molecule has 35 heavy (non-hydrogen) atoms. The molecule has 3 nitrogen and oxygen atoms in total. The van der Waals surface area contributed by atoms with Crippen molar-refractivity contribution in [2.24, 2.45) is 22.7 Å². The summed E-state index contributed by atoms with van der Waals surface area (Å²) in [4.78, 5) is 13.0. The third-order valence-corrected chi connectivity index (χ3v) is 13.5. The van der Waals surface area contributed by atoms with Gasteiger partial charge in [0.05, 0.1) is 6.07 Å². The van der Waals surface area contributed by atoms with E-state index in [1.54, 1.807) is 6.08 Å². The molecule has 2 aromatic rings. The predicted molar refractivity (Wildman–Crippen MR) is 145 cm³/mol. The lowest BCUT2D eigenvalue weighted by Crippen LogP contribution is -2.66. The highest BCUT2D eigenvalue weighted by molar-refractivity contribution is 6.99. The topological polar surface area (TPSA) is 50.1 Å².